The zero-order chi connectivity index (χ0) is 14.3. The summed E-state index contributed by atoms with van der Waals surface area (Å²) in [7, 11) is 0. The summed E-state index contributed by atoms with van der Waals surface area (Å²) in [6.45, 7) is 10.3. The maximum absolute atomic E-state index is 12.3. The van der Waals surface area contributed by atoms with Gasteiger partial charge in [0.15, 0.2) is 0 Å². The fourth-order valence-corrected chi connectivity index (χ4v) is 2.73. The Morgan fingerprint density at radius 2 is 1.58 bits per heavy atom. The summed E-state index contributed by atoms with van der Waals surface area (Å²) in [5.74, 6) is 1.78. The Morgan fingerprint density at radius 1 is 1.05 bits per heavy atom. The van der Waals surface area contributed by atoms with Crippen LogP contribution in [-0.2, 0) is 5.75 Å². The van der Waals surface area contributed by atoms with Gasteiger partial charge in [-0.1, -0.05) is 69.8 Å². The van der Waals surface area contributed by atoms with E-state index in [2.05, 4.69) is 39.8 Å². The maximum Gasteiger partial charge on any atom is 0.281 e. The molecule has 3 heteroatoms. The van der Waals surface area contributed by atoms with E-state index in [1.54, 1.807) is 0 Å². The number of rotatable bonds is 6. The number of amides is 1. The van der Waals surface area contributed by atoms with Crippen LogP contribution in [0.3, 0.4) is 0 Å². The molecule has 1 rings (SSSR count). The summed E-state index contributed by atoms with van der Waals surface area (Å²) in [6, 6.07) is 10.2. The van der Waals surface area contributed by atoms with Crippen molar-refractivity contribution >= 4 is 17.0 Å². The number of thioether (sulfide) groups is 1. The number of benzene rings is 1. The van der Waals surface area contributed by atoms with Gasteiger partial charge in [-0.3, -0.25) is 4.79 Å². The van der Waals surface area contributed by atoms with Crippen LogP contribution in [0.4, 0.5) is 4.79 Å². The van der Waals surface area contributed by atoms with Gasteiger partial charge >= 0.3 is 0 Å². The lowest BCUT2D eigenvalue weighted by Gasteiger charge is -2.25. The molecule has 0 fully saturated rings. The zero-order valence-electron chi connectivity index (χ0n) is 12.4. The first-order valence-corrected chi connectivity index (χ1v) is 7.93. The van der Waals surface area contributed by atoms with Crippen molar-refractivity contribution in [2.75, 3.05) is 13.1 Å². The van der Waals surface area contributed by atoms with Gasteiger partial charge in [0, 0.05) is 18.8 Å². The summed E-state index contributed by atoms with van der Waals surface area (Å²) in [6.07, 6.45) is 0. The molecule has 0 radical (unpaired) electrons. The molecule has 1 amide bonds. The van der Waals surface area contributed by atoms with E-state index in [9.17, 15) is 4.79 Å². The molecule has 0 unspecified atom stereocenters. The highest BCUT2D eigenvalue weighted by molar-refractivity contribution is 8.12. The van der Waals surface area contributed by atoms with Crippen LogP contribution in [0, 0.1) is 11.8 Å². The Morgan fingerprint density at radius 3 is 2.05 bits per heavy atom. The Bertz CT molecular complexity index is 366. The van der Waals surface area contributed by atoms with Crippen molar-refractivity contribution in [1.82, 2.24) is 4.90 Å². The molecule has 0 atom stereocenters. The van der Waals surface area contributed by atoms with Crippen molar-refractivity contribution in [3.8, 4) is 0 Å². The molecule has 0 spiro atoms. The standard InChI is InChI=1S/C16H25NOS/c1-13(2)10-17(11-14(3)4)16(18)19-12-15-8-6-5-7-9-15/h5-9,13-14H,10-12H2,1-4H3. The van der Waals surface area contributed by atoms with Crippen LogP contribution in [0.5, 0.6) is 0 Å². The van der Waals surface area contributed by atoms with Crippen molar-refractivity contribution in [2.24, 2.45) is 11.8 Å². The Labute approximate surface area is 121 Å². The van der Waals surface area contributed by atoms with Crippen LogP contribution in [0.2, 0.25) is 0 Å². The molecular formula is C16H25NOS. The third-order valence-corrected chi connectivity index (χ3v) is 3.62. The highest BCUT2D eigenvalue weighted by Crippen LogP contribution is 2.18. The molecule has 0 heterocycles. The SMILES string of the molecule is CC(C)CN(CC(C)C)C(=O)SCc1ccccc1. The summed E-state index contributed by atoms with van der Waals surface area (Å²) < 4.78 is 0. The molecule has 2 nitrogen and oxygen atoms in total. The van der Waals surface area contributed by atoms with Crippen LogP contribution in [0.25, 0.3) is 0 Å². The Balaban J connectivity index is 2.51. The molecule has 0 aliphatic heterocycles. The number of carbonyl (C=O) groups is 1. The van der Waals surface area contributed by atoms with Gasteiger partial charge in [0.25, 0.3) is 5.24 Å². The van der Waals surface area contributed by atoms with Gasteiger partial charge in [0.2, 0.25) is 0 Å². The molecule has 19 heavy (non-hydrogen) atoms. The minimum absolute atomic E-state index is 0.200. The Kier molecular flexibility index (Phi) is 7.00. The van der Waals surface area contributed by atoms with Crippen molar-refractivity contribution in [1.29, 1.82) is 0 Å². The monoisotopic (exact) mass is 279 g/mol. The third-order valence-electron chi connectivity index (χ3n) is 2.63. The second-order valence-electron chi connectivity index (χ2n) is 5.73. The van der Waals surface area contributed by atoms with Gasteiger partial charge in [-0.25, -0.2) is 0 Å². The molecule has 1 aromatic rings. The van der Waals surface area contributed by atoms with Gasteiger partial charge in [0.1, 0.15) is 0 Å². The maximum atomic E-state index is 12.3. The predicted octanol–water partition coefficient (Wildman–Crippen LogP) is 4.65. The first-order valence-electron chi connectivity index (χ1n) is 6.94. The lowest BCUT2D eigenvalue weighted by Crippen LogP contribution is -2.34. The van der Waals surface area contributed by atoms with E-state index >= 15 is 0 Å². The zero-order valence-corrected chi connectivity index (χ0v) is 13.2. The molecule has 0 N–H and O–H groups in total. The number of hydrogen-bond acceptors (Lipinski definition) is 2. The molecular weight excluding hydrogens is 254 g/mol. The van der Waals surface area contributed by atoms with Crippen LogP contribution in [0.1, 0.15) is 33.3 Å². The lowest BCUT2D eigenvalue weighted by atomic mass is 10.1. The number of carbonyl (C=O) groups excluding carboxylic acids is 1. The molecule has 0 bridgehead atoms. The third kappa shape index (κ3) is 6.67. The first-order chi connectivity index (χ1) is 8.99. The average molecular weight is 279 g/mol. The topological polar surface area (TPSA) is 20.3 Å². The fourth-order valence-electron chi connectivity index (χ4n) is 1.92. The highest BCUT2D eigenvalue weighted by Gasteiger charge is 2.16. The summed E-state index contributed by atoms with van der Waals surface area (Å²) in [4.78, 5) is 14.3. The van der Waals surface area contributed by atoms with E-state index < -0.39 is 0 Å². The highest BCUT2D eigenvalue weighted by atomic mass is 32.2. The predicted molar refractivity (Wildman–Crippen MR) is 84.4 cm³/mol. The second-order valence-corrected chi connectivity index (χ2v) is 6.66. The van der Waals surface area contributed by atoms with E-state index in [1.807, 2.05) is 23.1 Å². The normalized spacial score (nSPS) is 11.1. The van der Waals surface area contributed by atoms with Crippen molar-refractivity contribution in [3.63, 3.8) is 0 Å². The van der Waals surface area contributed by atoms with Crippen LogP contribution in [0.15, 0.2) is 30.3 Å². The van der Waals surface area contributed by atoms with Gasteiger partial charge in [-0.15, -0.1) is 0 Å². The smallest absolute Gasteiger partial charge is 0.281 e. The number of nitrogens with zero attached hydrogens (tertiary/aromatic N) is 1. The van der Waals surface area contributed by atoms with E-state index in [0.717, 1.165) is 18.8 Å². The van der Waals surface area contributed by atoms with Crippen LogP contribution in [-0.4, -0.2) is 23.2 Å². The van der Waals surface area contributed by atoms with Crippen molar-refractivity contribution in [3.05, 3.63) is 35.9 Å². The summed E-state index contributed by atoms with van der Waals surface area (Å²) in [5.41, 5.74) is 1.20. The minimum atomic E-state index is 0.200. The summed E-state index contributed by atoms with van der Waals surface area (Å²) in [5, 5.41) is 0.200. The molecule has 0 aromatic heterocycles. The lowest BCUT2D eigenvalue weighted by molar-refractivity contribution is 0.208. The van der Waals surface area contributed by atoms with E-state index in [0.29, 0.717) is 11.8 Å². The van der Waals surface area contributed by atoms with Gasteiger partial charge < -0.3 is 4.90 Å². The molecule has 0 aliphatic rings. The molecule has 106 valence electrons. The quantitative estimate of drug-likeness (QED) is 0.755. The van der Waals surface area contributed by atoms with Crippen LogP contribution >= 0.6 is 11.8 Å². The Hall–Kier alpha value is -0.960. The van der Waals surface area contributed by atoms with E-state index in [-0.39, 0.29) is 5.24 Å². The van der Waals surface area contributed by atoms with Crippen molar-refractivity contribution in [2.45, 2.75) is 33.4 Å². The first kappa shape index (κ1) is 16.1. The van der Waals surface area contributed by atoms with Crippen LogP contribution < -0.4 is 0 Å². The molecule has 1 aromatic carbocycles. The summed E-state index contributed by atoms with van der Waals surface area (Å²) >= 11 is 1.41. The molecule has 0 aliphatic carbocycles. The average Bonchev–Trinajstić information content (AvgIpc) is 2.35. The van der Waals surface area contributed by atoms with Gasteiger partial charge in [-0.2, -0.15) is 0 Å². The second kappa shape index (κ2) is 8.26. The number of hydrogen-bond donors (Lipinski definition) is 0. The fraction of sp³-hybridized carbons (Fsp3) is 0.562. The van der Waals surface area contributed by atoms with E-state index in [4.69, 9.17) is 0 Å². The van der Waals surface area contributed by atoms with Gasteiger partial charge in [-0.05, 0) is 17.4 Å². The largest absolute Gasteiger partial charge is 0.333 e. The van der Waals surface area contributed by atoms with Gasteiger partial charge in [0.05, 0.1) is 0 Å². The molecule has 0 saturated carbocycles. The molecule has 0 saturated heterocycles. The van der Waals surface area contributed by atoms with E-state index in [1.165, 1.54) is 17.3 Å². The minimum Gasteiger partial charge on any atom is -0.333 e. The van der Waals surface area contributed by atoms with Crippen molar-refractivity contribution < 1.29 is 4.79 Å².